The van der Waals surface area contributed by atoms with Crippen molar-refractivity contribution in [1.29, 1.82) is 0 Å². The van der Waals surface area contributed by atoms with Crippen molar-refractivity contribution in [2.75, 3.05) is 32.6 Å². The number of aromatic nitrogens is 3. The molecule has 2 aromatic heterocycles. The molecule has 0 spiro atoms. The molecule has 3 aromatic rings. The molecule has 2 N–H and O–H groups in total. The summed E-state index contributed by atoms with van der Waals surface area (Å²) in [6, 6.07) is 2.40. The fourth-order valence-corrected chi connectivity index (χ4v) is 5.08. The zero-order valence-electron chi connectivity index (χ0n) is 21.2. The van der Waals surface area contributed by atoms with Crippen LogP contribution in [0.2, 0.25) is 10.0 Å². The van der Waals surface area contributed by atoms with E-state index in [1.54, 1.807) is 30.3 Å². The fraction of sp³-hybridized carbons (Fsp3) is 0.320. The SMILES string of the molecule is C=CC(=O)NC1CN(C(C)=O)CC1Nc1ncc2cc(-c3c(Cl)c(OC)cc(OC)c3Cl)c(=O)n(C)c2n1. The van der Waals surface area contributed by atoms with Gasteiger partial charge in [-0.25, -0.2) is 4.98 Å². The highest BCUT2D eigenvalue weighted by Crippen LogP contribution is 2.45. The summed E-state index contributed by atoms with van der Waals surface area (Å²) in [7, 11) is 4.48. The minimum atomic E-state index is -0.402. The molecule has 2 unspecified atom stereocenters. The van der Waals surface area contributed by atoms with E-state index in [4.69, 9.17) is 32.7 Å². The molecule has 38 heavy (non-hydrogen) atoms. The number of ether oxygens (including phenoxy) is 2. The Morgan fingerprint density at radius 2 is 1.76 bits per heavy atom. The van der Waals surface area contributed by atoms with Crippen LogP contribution in [0.15, 0.2) is 35.8 Å². The Morgan fingerprint density at radius 1 is 1.13 bits per heavy atom. The standard InChI is InChI=1S/C25H26Cl2N6O5/c1-6-19(35)29-15-10-33(12(2)34)11-16(15)30-25-28-9-13-7-14(24(36)32(3)23(13)31-25)20-21(26)17(37-4)8-18(38-5)22(20)27/h6-9,15-16H,1,10-11H2,2-5H3,(H,29,35)(H,28,30,31). The Kier molecular flexibility index (Phi) is 7.79. The second-order valence-electron chi connectivity index (χ2n) is 8.67. The fourth-order valence-electron chi connectivity index (χ4n) is 4.38. The van der Waals surface area contributed by atoms with Crippen molar-refractivity contribution in [1.82, 2.24) is 24.8 Å². The van der Waals surface area contributed by atoms with Gasteiger partial charge < -0.3 is 25.0 Å². The maximum atomic E-state index is 13.4. The van der Waals surface area contributed by atoms with Gasteiger partial charge >= 0.3 is 0 Å². The summed E-state index contributed by atoms with van der Waals surface area (Å²) in [5.74, 6) is 0.360. The highest BCUT2D eigenvalue weighted by atomic mass is 35.5. The van der Waals surface area contributed by atoms with Gasteiger partial charge in [-0.1, -0.05) is 29.8 Å². The number of hydrogen-bond acceptors (Lipinski definition) is 8. The number of hydrogen-bond donors (Lipinski definition) is 2. The van der Waals surface area contributed by atoms with Crippen LogP contribution in [0.5, 0.6) is 11.5 Å². The van der Waals surface area contributed by atoms with Gasteiger partial charge in [0.05, 0.1) is 41.9 Å². The number of methoxy groups -OCH3 is 2. The third-order valence-electron chi connectivity index (χ3n) is 6.38. The highest BCUT2D eigenvalue weighted by molar-refractivity contribution is 6.41. The molecule has 1 fully saturated rings. The summed E-state index contributed by atoms with van der Waals surface area (Å²) in [6.45, 7) is 5.61. The quantitative estimate of drug-likeness (QED) is 0.422. The lowest BCUT2D eigenvalue weighted by molar-refractivity contribution is -0.128. The van der Waals surface area contributed by atoms with Crippen LogP contribution < -0.4 is 25.7 Å². The van der Waals surface area contributed by atoms with Crippen molar-refractivity contribution >= 4 is 52.0 Å². The number of pyridine rings is 1. The molecule has 2 atom stereocenters. The number of likely N-dealkylation sites (tertiary alicyclic amines) is 1. The van der Waals surface area contributed by atoms with Crippen LogP contribution >= 0.6 is 23.2 Å². The first-order valence-corrected chi connectivity index (χ1v) is 12.3. The molecule has 2 amide bonds. The Balaban J connectivity index is 1.75. The first-order chi connectivity index (χ1) is 18.1. The lowest BCUT2D eigenvalue weighted by Crippen LogP contribution is -2.45. The minimum Gasteiger partial charge on any atom is -0.495 e. The first kappa shape index (κ1) is 27.2. The molecule has 1 aliphatic rings. The van der Waals surface area contributed by atoms with Crippen molar-refractivity contribution in [3.63, 3.8) is 0 Å². The Hall–Kier alpha value is -3.83. The van der Waals surface area contributed by atoms with Gasteiger partial charge in [0.2, 0.25) is 17.8 Å². The Bertz CT molecular complexity index is 1480. The van der Waals surface area contributed by atoms with Crippen LogP contribution in [-0.2, 0) is 16.6 Å². The largest absolute Gasteiger partial charge is 0.495 e. The predicted molar refractivity (Wildman–Crippen MR) is 145 cm³/mol. The summed E-state index contributed by atoms with van der Waals surface area (Å²) in [5.41, 5.74) is 0.439. The van der Waals surface area contributed by atoms with E-state index in [9.17, 15) is 14.4 Å². The number of aryl methyl sites for hydroxylation is 1. The monoisotopic (exact) mass is 560 g/mol. The van der Waals surface area contributed by atoms with Crippen LogP contribution in [0.25, 0.3) is 22.2 Å². The molecule has 1 aromatic carbocycles. The van der Waals surface area contributed by atoms with E-state index in [1.165, 1.54) is 31.8 Å². The van der Waals surface area contributed by atoms with E-state index in [1.807, 2.05) is 0 Å². The number of benzene rings is 1. The number of amides is 2. The van der Waals surface area contributed by atoms with Gasteiger partial charge in [0.15, 0.2) is 0 Å². The molecular formula is C25H26Cl2N6O5. The molecule has 11 nitrogen and oxygen atoms in total. The summed E-state index contributed by atoms with van der Waals surface area (Å²) in [4.78, 5) is 47.9. The number of nitrogens with one attached hydrogen (secondary N) is 2. The third kappa shape index (κ3) is 4.99. The Labute approximate surface area is 228 Å². The van der Waals surface area contributed by atoms with Crippen molar-refractivity contribution in [3.05, 3.63) is 51.4 Å². The van der Waals surface area contributed by atoms with Gasteiger partial charge in [0, 0.05) is 50.3 Å². The van der Waals surface area contributed by atoms with Gasteiger partial charge in [0.25, 0.3) is 5.56 Å². The predicted octanol–water partition coefficient (Wildman–Crippen LogP) is 2.63. The zero-order chi connectivity index (χ0) is 27.7. The molecule has 4 rings (SSSR count). The average Bonchev–Trinajstić information content (AvgIpc) is 3.29. The number of carbonyl (C=O) groups excluding carboxylic acids is 2. The van der Waals surface area contributed by atoms with E-state index in [2.05, 4.69) is 27.2 Å². The van der Waals surface area contributed by atoms with Gasteiger partial charge in [-0.3, -0.25) is 19.0 Å². The van der Waals surface area contributed by atoms with Gasteiger partial charge in [-0.2, -0.15) is 4.98 Å². The van der Waals surface area contributed by atoms with E-state index >= 15 is 0 Å². The molecule has 0 saturated carbocycles. The number of anilines is 1. The van der Waals surface area contributed by atoms with Gasteiger partial charge in [-0.15, -0.1) is 0 Å². The zero-order valence-corrected chi connectivity index (χ0v) is 22.7. The molecule has 0 radical (unpaired) electrons. The van der Waals surface area contributed by atoms with E-state index in [-0.39, 0.29) is 51.0 Å². The van der Waals surface area contributed by atoms with E-state index < -0.39 is 5.56 Å². The van der Waals surface area contributed by atoms with Crippen LogP contribution in [0, 0.1) is 0 Å². The topological polar surface area (TPSA) is 128 Å². The van der Waals surface area contributed by atoms with Gasteiger partial charge in [0.1, 0.15) is 17.1 Å². The van der Waals surface area contributed by atoms with Crippen molar-refractivity contribution < 1.29 is 19.1 Å². The van der Waals surface area contributed by atoms with Crippen molar-refractivity contribution in [2.24, 2.45) is 7.05 Å². The molecule has 0 aliphatic carbocycles. The van der Waals surface area contributed by atoms with Crippen LogP contribution in [0.1, 0.15) is 6.92 Å². The van der Waals surface area contributed by atoms with Crippen molar-refractivity contribution in [2.45, 2.75) is 19.0 Å². The first-order valence-electron chi connectivity index (χ1n) is 11.5. The number of fused-ring (bicyclic) bond motifs is 1. The summed E-state index contributed by atoms with van der Waals surface area (Å²) in [5, 5.41) is 6.89. The second kappa shape index (κ2) is 10.9. The third-order valence-corrected chi connectivity index (χ3v) is 7.13. The lowest BCUT2D eigenvalue weighted by Gasteiger charge is -2.20. The number of carbonyl (C=O) groups is 2. The molecule has 0 bridgehead atoms. The molecule has 1 saturated heterocycles. The summed E-state index contributed by atoms with van der Waals surface area (Å²) >= 11 is 13.1. The van der Waals surface area contributed by atoms with Crippen LogP contribution in [0.3, 0.4) is 0 Å². The highest BCUT2D eigenvalue weighted by Gasteiger charge is 2.35. The maximum absolute atomic E-state index is 13.4. The van der Waals surface area contributed by atoms with Crippen LogP contribution in [-0.4, -0.2) is 70.6 Å². The summed E-state index contributed by atoms with van der Waals surface area (Å²) < 4.78 is 12.0. The number of rotatable bonds is 7. The minimum absolute atomic E-state index is 0.118. The molecule has 13 heteroatoms. The van der Waals surface area contributed by atoms with Crippen LogP contribution in [0.4, 0.5) is 5.95 Å². The number of halogens is 2. The lowest BCUT2D eigenvalue weighted by atomic mass is 10.0. The maximum Gasteiger partial charge on any atom is 0.259 e. The van der Waals surface area contributed by atoms with Gasteiger partial charge in [-0.05, 0) is 12.1 Å². The van der Waals surface area contributed by atoms with E-state index in [0.717, 1.165) is 0 Å². The number of nitrogens with zero attached hydrogens (tertiary/aromatic N) is 4. The van der Waals surface area contributed by atoms with E-state index in [0.29, 0.717) is 35.6 Å². The molecule has 1 aliphatic heterocycles. The molecule has 200 valence electrons. The Morgan fingerprint density at radius 3 is 2.34 bits per heavy atom. The summed E-state index contributed by atoms with van der Waals surface area (Å²) in [6.07, 6.45) is 2.73. The molecule has 3 heterocycles. The molecular weight excluding hydrogens is 535 g/mol. The van der Waals surface area contributed by atoms with Crippen molar-refractivity contribution in [3.8, 4) is 22.6 Å². The normalized spacial score (nSPS) is 16.8. The smallest absolute Gasteiger partial charge is 0.259 e. The second-order valence-corrected chi connectivity index (χ2v) is 9.43. The average molecular weight is 561 g/mol.